The molecule has 1 heterocycles. The Morgan fingerprint density at radius 3 is 2.83 bits per heavy atom. The first-order valence-corrected chi connectivity index (χ1v) is 7.84. The molecule has 23 heavy (non-hydrogen) atoms. The molecule has 0 bridgehead atoms. The molecule has 5 nitrogen and oxygen atoms in total. The number of nitrogens with zero attached hydrogens (tertiary/aromatic N) is 2. The van der Waals surface area contributed by atoms with Gasteiger partial charge >= 0.3 is 0 Å². The van der Waals surface area contributed by atoms with E-state index in [0.29, 0.717) is 19.4 Å². The van der Waals surface area contributed by atoms with Crippen molar-refractivity contribution in [1.29, 1.82) is 5.26 Å². The van der Waals surface area contributed by atoms with Crippen molar-refractivity contribution < 1.29 is 4.79 Å². The van der Waals surface area contributed by atoms with Crippen molar-refractivity contribution in [3.8, 4) is 6.07 Å². The maximum atomic E-state index is 12.2. The van der Waals surface area contributed by atoms with E-state index in [1.165, 1.54) is 5.56 Å². The normalized spacial score (nSPS) is 22.3. The van der Waals surface area contributed by atoms with Gasteiger partial charge in [-0.2, -0.15) is 5.26 Å². The van der Waals surface area contributed by atoms with Gasteiger partial charge in [0.05, 0.1) is 12.1 Å². The molecule has 1 saturated heterocycles. The quantitative estimate of drug-likeness (QED) is 0.781. The number of nitrogens with two attached hydrogens (primary N) is 1. The van der Waals surface area contributed by atoms with Gasteiger partial charge in [0.1, 0.15) is 5.54 Å². The molecule has 5 heteroatoms. The summed E-state index contributed by atoms with van der Waals surface area (Å²) >= 11 is 0. The highest BCUT2D eigenvalue weighted by molar-refractivity contribution is 5.83. The van der Waals surface area contributed by atoms with Crippen molar-refractivity contribution in [3.05, 3.63) is 48.0 Å². The van der Waals surface area contributed by atoms with Crippen LogP contribution >= 0.6 is 0 Å². The topological polar surface area (TPSA) is 82.1 Å². The van der Waals surface area contributed by atoms with Crippen LogP contribution in [0.1, 0.15) is 25.3 Å². The average Bonchev–Trinajstić information content (AvgIpc) is 2.91. The molecule has 1 aromatic rings. The number of carbonyl (C=O) groups is 1. The van der Waals surface area contributed by atoms with Crippen molar-refractivity contribution in [1.82, 2.24) is 10.2 Å². The summed E-state index contributed by atoms with van der Waals surface area (Å²) in [6.07, 6.45) is 1.04. The third kappa shape index (κ3) is 4.65. The highest BCUT2D eigenvalue weighted by Gasteiger charge is 2.40. The molecular weight excluding hydrogens is 288 g/mol. The second-order valence-corrected chi connectivity index (χ2v) is 6.40. The zero-order valence-electron chi connectivity index (χ0n) is 13.6. The molecule has 1 aliphatic rings. The highest BCUT2D eigenvalue weighted by atomic mass is 16.2. The zero-order valence-corrected chi connectivity index (χ0v) is 13.6. The van der Waals surface area contributed by atoms with E-state index in [9.17, 15) is 10.1 Å². The van der Waals surface area contributed by atoms with Crippen LogP contribution in [0.3, 0.4) is 0 Å². The number of nitriles is 1. The lowest BCUT2D eigenvalue weighted by atomic mass is 9.99. The van der Waals surface area contributed by atoms with E-state index in [0.717, 1.165) is 18.7 Å². The minimum atomic E-state index is -0.849. The van der Waals surface area contributed by atoms with E-state index in [4.69, 9.17) is 5.73 Å². The van der Waals surface area contributed by atoms with Gasteiger partial charge < -0.3 is 11.1 Å². The van der Waals surface area contributed by atoms with Crippen LogP contribution in [0.15, 0.2) is 42.5 Å². The lowest BCUT2D eigenvalue weighted by molar-refractivity contribution is -0.123. The molecule has 0 aliphatic carbocycles. The molecule has 2 rings (SSSR count). The molecule has 2 unspecified atom stereocenters. The summed E-state index contributed by atoms with van der Waals surface area (Å²) < 4.78 is 0. The van der Waals surface area contributed by atoms with E-state index < -0.39 is 11.6 Å². The SMILES string of the molecule is C=C(C)CC(N)C(=O)NC1(C#N)CCN(Cc2ccccc2)C1. The second-order valence-electron chi connectivity index (χ2n) is 6.40. The molecule has 1 amide bonds. The Balaban J connectivity index is 1.96. The van der Waals surface area contributed by atoms with Gasteiger partial charge in [0.25, 0.3) is 0 Å². The standard InChI is InChI=1S/C18H24N4O/c1-14(2)10-16(20)17(23)21-18(12-19)8-9-22(13-18)11-15-6-4-3-5-7-15/h3-7,16H,1,8-11,13,20H2,2H3,(H,21,23). The van der Waals surface area contributed by atoms with Gasteiger partial charge in [-0.05, 0) is 25.3 Å². The molecule has 0 radical (unpaired) electrons. The first-order chi connectivity index (χ1) is 10.9. The fraction of sp³-hybridized carbons (Fsp3) is 0.444. The predicted octanol–water partition coefficient (Wildman–Crippen LogP) is 1.56. The van der Waals surface area contributed by atoms with E-state index in [1.54, 1.807) is 0 Å². The van der Waals surface area contributed by atoms with E-state index >= 15 is 0 Å². The smallest absolute Gasteiger partial charge is 0.238 e. The molecular formula is C18H24N4O. The largest absolute Gasteiger partial charge is 0.335 e. The van der Waals surface area contributed by atoms with E-state index in [2.05, 4.69) is 35.0 Å². The average molecular weight is 312 g/mol. The van der Waals surface area contributed by atoms with E-state index in [1.807, 2.05) is 25.1 Å². The fourth-order valence-corrected chi connectivity index (χ4v) is 2.88. The number of likely N-dealkylation sites (tertiary alicyclic amines) is 1. The number of rotatable bonds is 6. The first kappa shape index (κ1) is 17.2. The number of nitrogens with one attached hydrogen (secondary N) is 1. The molecule has 0 aromatic heterocycles. The molecule has 0 spiro atoms. The molecule has 1 aliphatic heterocycles. The zero-order chi connectivity index (χ0) is 16.9. The van der Waals surface area contributed by atoms with Gasteiger partial charge in [0, 0.05) is 19.6 Å². The van der Waals surface area contributed by atoms with Crippen molar-refractivity contribution in [2.24, 2.45) is 5.73 Å². The molecule has 3 N–H and O–H groups in total. The molecule has 122 valence electrons. The van der Waals surface area contributed by atoms with Crippen molar-refractivity contribution in [3.63, 3.8) is 0 Å². The number of amides is 1. The Hall–Kier alpha value is -2.16. The summed E-state index contributed by atoms with van der Waals surface area (Å²) in [5, 5.41) is 12.4. The summed E-state index contributed by atoms with van der Waals surface area (Å²) in [4.78, 5) is 14.4. The number of carbonyl (C=O) groups excluding carboxylic acids is 1. The van der Waals surface area contributed by atoms with Crippen LogP contribution in [0.5, 0.6) is 0 Å². The van der Waals surface area contributed by atoms with Crippen LogP contribution in [-0.4, -0.2) is 35.5 Å². The summed E-state index contributed by atoms with van der Waals surface area (Å²) in [7, 11) is 0. The number of hydrogen-bond donors (Lipinski definition) is 2. The van der Waals surface area contributed by atoms with Gasteiger partial charge in [-0.1, -0.05) is 35.9 Å². The first-order valence-electron chi connectivity index (χ1n) is 7.84. The third-order valence-electron chi connectivity index (χ3n) is 4.08. The van der Waals surface area contributed by atoms with Gasteiger partial charge in [-0.15, -0.1) is 6.58 Å². The minimum absolute atomic E-state index is 0.281. The Bertz CT molecular complexity index is 607. The molecule has 1 aromatic carbocycles. The fourth-order valence-electron chi connectivity index (χ4n) is 2.88. The summed E-state index contributed by atoms with van der Waals surface area (Å²) in [6.45, 7) is 7.68. The van der Waals surface area contributed by atoms with Crippen LogP contribution in [0, 0.1) is 11.3 Å². The summed E-state index contributed by atoms with van der Waals surface area (Å²) in [5.74, 6) is -0.281. The van der Waals surface area contributed by atoms with Crippen molar-refractivity contribution in [2.75, 3.05) is 13.1 Å². The van der Waals surface area contributed by atoms with Crippen LogP contribution in [0.25, 0.3) is 0 Å². The minimum Gasteiger partial charge on any atom is -0.335 e. The van der Waals surface area contributed by atoms with Crippen LogP contribution in [-0.2, 0) is 11.3 Å². The Morgan fingerprint density at radius 2 is 2.22 bits per heavy atom. The highest BCUT2D eigenvalue weighted by Crippen LogP contribution is 2.23. The van der Waals surface area contributed by atoms with Gasteiger partial charge in [-0.3, -0.25) is 9.69 Å². The Labute approximate surface area is 137 Å². The Kier molecular flexibility index (Phi) is 5.54. The monoisotopic (exact) mass is 312 g/mol. The third-order valence-corrected chi connectivity index (χ3v) is 4.08. The van der Waals surface area contributed by atoms with Crippen LogP contribution in [0.2, 0.25) is 0 Å². The number of hydrogen-bond acceptors (Lipinski definition) is 4. The lowest BCUT2D eigenvalue weighted by Gasteiger charge is -2.25. The maximum absolute atomic E-state index is 12.2. The number of benzene rings is 1. The predicted molar refractivity (Wildman–Crippen MR) is 90.2 cm³/mol. The molecule has 0 saturated carbocycles. The molecule has 2 atom stereocenters. The van der Waals surface area contributed by atoms with Crippen LogP contribution in [0.4, 0.5) is 0 Å². The van der Waals surface area contributed by atoms with Crippen LogP contribution < -0.4 is 11.1 Å². The van der Waals surface area contributed by atoms with Gasteiger partial charge in [0.2, 0.25) is 5.91 Å². The second kappa shape index (κ2) is 7.40. The van der Waals surface area contributed by atoms with Gasteiger partial charge in [-0.25, -0.2) is 0 Å². The van der Waals surface area contributed by atoms with Crippen molar-refractivity contribution in [2.45, 2.75) is 37.9 Å². The van der Waals surface area contributed by atoms with Gasteiger partial charge in [0.15, 0.2) is 0 Å². The lowest BCUT2D eigenvalue weighted by Crippen LogP contribution is -2.54. The summed E-state index contributed by atoms with van der Waals surface area (Å²) in [6, 6.07) is 11.7. The van der Waals surface area contributed by atoms with E-state index in [-0.39, 0.29) is 5.91 Å². The maximum Gasteiger partial charge on any atom is 0.238 e. The van der Waals surface area contributed by atoms with Crippen molar-refractivity contribution >= 4 is 5.91 Å². The molecule has 1 fully saturated rings. The Morgan fingerprint density at radius 1 is 1.52 bits per heavy atom. The summed E-state index contributed by atoms with van der Waals surface area (Å²) in [5.41, 5.74) is 7.08.